The summed E-state index contributed by atoms with van der Waals surface area (Å²) in [5.41, 5.74) is 2.99. The third-order valence-corrected chi connectivity index (χ3v) is 7.13. The summed E-state index contributed by atoms with van der Waals surface area (Å²) < 4.78 is 12.3. The molecular formula is C31H35BrN2O4. The molecule has 0 unspecified atom stereocenters. The molecule has 4 rings (SSSR count). The first-order valence-electron chi connectivity index (χ1n) is 13.3. The van der Waals surface area contributed by atoms with E-state index in [4.69, 9.17) is 9.47 Å². The van der Waals surface area contributed by atoms with Crippen molar-refractivity contribution < 1.29 is 19.1 Å². The van der Waals surface area contributed by atoms with Crippen LogP contribution >= 0.6 is 15.9 Å². The van der Waals surface area contributed by atoms with E-state index in [1.807, 2.05) is 72.8 Å². The Kier molecular flexibility index (Phi) is 10.2. The van der Waals surface area contributed by atoms with Gasteiger partial charge in [0.25, 0.3) is 0 Å². The number of ether oxygens (including phenoxy) is 2. The molecule has 0 bridgehead atoms. The normalized spacial score (nSPS) is 13.0. The fraction of sp³-hybridized carbons (Fsp3) is 0.355. The van der Waals surface area contributed by atoms with Crippen molar-refractivity contribution in [3.8, 4) is 11.5 Å². The predicted molar refractivity (Wildman–Crippen MR) is 152 cm³/mol. The van der Waals surface area contributed by atoms with E-state index >= 15 is 0 Å². The van der Waals surface area contributed by atoms with Crippen LogP contribution in [0.4, 0.5) is 0 Å². The van der Waals surface area contributed by atoms with Crippen LogP contribution < -0.4 is 14.8 Å². The van der Waals surface area contributed by atoms with Crippen LogP contribution in [0.25, 0.3) is 0 Å². The molecule has 1 aliphatic heterocycles. The molecule has 0 fully saturated rings. The van der Waals surface area contributed by atoms with E-state index in [9.17, 15) is 9.59 Å². The Morgan fingerprint density at radius 2 is 1.63 bits per heavy atom. The summed E-state index contributed by atoms with van der Waals surface area (Å²) in [5, 5.41) is 3.07. The fourth-order valence-corrected chi connectivity index (χ4v) is 4.75. The minimum atomic E-state index is -0.620. The molecule has 3 aromatic carbocycles. The second-order valence-corrected chi connectivity index (χ2v) is 10.4. The van der Waals surface area contributed by atoms with E-state index in [1.165, 1.54) is 0 Å². The Morgan fingerprint density at radius 1 is 0.921 bits per heavy atom. The van der Waals surface area contributed by atoms with E-state index in [2.05, 4.69) is 28.2 Å². The number of hydrogen-bond acceptors (Lipinski definition) is 4. The SMILES string of the molecule is CCCCNC(=O)[C@H](Cc1ccccc1)N(Cc1ccc(Br)cc1)C(=O)CCc1ccc2c(c1)OCCO2. The highest BCUT2D eigenvalue weighted by Gasteiger charge is 2.30. The van der Waals surface area contributed by atoms with Gasteiger partial charge in [-0.05, 0) is 53.8 Å². The molecule has 1 atom stereocenters. The molecule has 38 heavy (non-hydrogen) atoms. The number of nitrogens with one attached hydrogen (secondary N) is 1. The van der Waals surface area contributed by atoms with Gasteiger partial charge in [0.2, 0.25) is 11.8 Å². The van der Waals surface area contributed by atoms with E-state index in [1.54, 1.807) is 4.90 Å². The first-order valence-corrected chi connectivity index (χ1v) is 14.1. The fourth-order valence-electron chi connectivity index (χ4n) is 4.48. The van der Waals surface area contributed by atoms with Crippen LogP contribution in [-0.4, -0.2) is 42.5 Å². The van der Waals surface area contributed by atoms with Gasteiger partial charge in [0, 0.05) is 30.4 Å². The maximum atomic E-state index is 13.8. The quantitative estimate of drug-likeness (QED) is 0.279. The van der Waals surface area contributed by atoms with Crippen molar-refractivity contribution in [1.82, 2.24) is 10.2 Å². The van der Waals surface area contributed by atoms with Crippen molar-refractivity contribution in [2.45, 2.75) is 51.6 Å². The summed E-state index contributed by atoms with van der Waals surface area (Å²) in [6.45, 7) is 4.10. The number of fused-ring (bicyclic) bond motifs is 1. The van der Waals surface area contributed by atoms with Crippen molar-refractivity contribution in [3.63, 3.8) is 0 Å². The topological polar surface area (TPSA) is 67.9 Å². The van der Waals surface area contributed by atoms with Gasteiger partial charge in [-0.3, -0.25) is 9.59 Å². The van der Waals surface area contributed by atoms with Crippen molar-refractivity contribution in [2.24, 2.45) is 0 Å². The Morgan fingerprint density at radius 3 is 2.37 bits per heavy atom. The highest BCUT2D eigenvalue weighted by Crippen LogP contribution is 2.31. The second kappa shape index (κ2) is 14.0. The van der Waals surface area contributed by atoms with E-state index in [-0.39, 0.29) is 18.2 Å². The van der Waals surface area contributed by atoms with Crippen LogP contribution in [0.3, 0.4) is 0 Å². The lowest BCUT2D eigenvalue weighted by atomic mass is 10.0. The molecule has 0 aliphatic carbocycles. The van der Waals surface area contributed by atoms with Crippen molar-refractivity contribution in [2.75, 3.05) is 19.8 Å². The molecule has 3 aromatic rings. The Labute approximate surface area is 233 Å². The van der Waals surface area contributed by atoms with Gasteiger partial charge in [-0.2, -0.15) is 0 Å². The van der Waals surface area contributed by atoms with Crippen LogP contribution in [0.1, 0.15) is 42.9 Å². The van der Waals surface area contributed by atoms with Gasteiger partial charge in [-0.25, -0.2) is 0 Å². The lowest BCUT2D eigenvalue weighted by molar-refractivity contribution is -0.141. The maximum Gasteiger partial charge on any atom is 0.243 e. The van der Waals surface area contributed by atoms with Crippen LogP contribution in [0.5, 0.6) is 11.5 Å². The standard InChI is InChI=1S/C31H35BrN2O4/c1-2-3-17-33-31(36)27(20-23-7-5-4-6-8-23)34(22-25-9-13-26(32)14-10-25)30(35)16-12-24-11-15-28-29(21-24)38-19-18-37-28/h4-11,13-15,21,27H,2-3,12,16-20,22H2,1H3,(H,33,36)/t27-/m0/s1. The highest BCUT2D eigenvalue weighted by molar-refractivity contribution is 9.10. The van der Waals surface area contributed by atoms with E-state index in [0.29, 0.717) is 44.9 Å². The molecule has 1 N–H and O–H groups in total. The average Bonchev–Trinajstić information content (AvgIpc) is 2.95. The zero-order valence-electron chi connectivity index (χ0n) is 21.8. The summed E-state index contributed by atoms with van der Waals surface area (Å²) >= 11 is 3.49. The van der Waals surface area contributed by atoms with Gasteiger partial charge in [-0.1, -0.05) is 77.8 Å². The van der Waals surface area contributed by atoms with E-state index < -0.39 is 6.04 Å². The first-order chi connectivity index (χ1) is 18.5. The van der Waals surface area contributed by atoms with Gasteiger partial charge in [0.15, 0.2) is 11.5 Å². The number of benzene rings is 3. The third-order valence-electron chi connectivity index (χ3n) is 6.60. The van der Waals surface area contributed by atoms with Gasteiger partial charge in [0.1, 0.15) is 19.3 Å². The number of hydrogen-bond donors (Lipinski definition) is 1. The first kappa shape index (κ1) is 27.7. The summed E-state index contributed by atoms with van der Waals surface area (Å²) in [6.07, 6.45) is 3.16. The molecular weight excluding hydrogens is 544 g/mol. The molecule has 0 saturated heterocycles. The van der Waals surface area contributed by atoms with Gasteiger partial charge >= 0.3 is 0 Å². The number of rotatable bonds is 12. The molecule has 7 heteroatoms. The molecule has 0 saturated carbocycles. The molecule has 0 radical (unpaired) electrons. The Hall–Kier alpha value is -3.32. The number of halogens is 1. The lowest BCUT2D eigenvalue weighted by Gasteiger charge is -2.32. The molecule has 0 aromatic heterocycles. The minimum Gasteiger partial charge on any atom is -0.486 e. The van der Waals surface area contributed by atoms with Gasteiger partial charge in [-0.15, -0.1) is 0 Å². The number of unbranched alkanes of at least 4 members (excludes halogenated alkanes) is 1. The summed E-state index contributed by atoms with van der Waals surface area (Å²) in [5.74, 6) is 1.27. The monoisotopic (exact) mass is 578 g/mol. The average molecular weight is 580 g/mol. The predicted octanol–water partition coefficient (Wildman–Crippen LogP) is 5.71. The van der Waals surface area contributed by atoms with Crippen molar-refractivity contribution in [1.29, 1.82) is 0 Å². The van der Waals surface area contributed by atoms with E-state index in [0.717, 1.165) is 39.8 Å². The van der Waals surface area contributed by atoms with Crippen molar-refractivity contribution in [3.05, 3.63) is 94.0 Å². The Balaban J connectivity index is 1.57. The zero-order valence-corrected chi connectivity index (χ0v) is 23.4. The number of amides is 2. The van der Waals surface area contributed by atoms with Crippen LogP contribution in [0.15, 0.2) is 77.3 Å². The maximum absolute atomic E-state index is 13.8. The largest absolute Gasteiger partial charge is 0.486 e. The number of aryl methyl sites for hydroxylation is 1. The molecule has 2 amide bonds. The summed E-state index contributed by atoms with van der Waals surface area (Å²) in [6, 6.07) is 23.0. The molecule has 1 aliphatic rings. The number of nitrogens with zero attached hydrogens (tertiary/aromatic N) is 1. The second-order valence-electron chi connectivity index (χ2n) is 9.48. The summed E-state index contributed by atoms with van der Waals surface area (Å²) in [7, 11) is 0. The van der Waals surface area contributed by atoms with Crippen LogP contribution in [0, 0.1) is 0 Å². The zero-order chi connectivity index (χ0) is 26.7. The van der Waals surface area contributed by atoms with Gasteiger partial charge < -0.3 is 19.7 Å². The molecule has 1 heterocycles. The third kappa shape index (κ3) is 7.84. The lowest BCUT2D eigenvalue weighted by Crippen LogP contribution is -2.50. The van der Waals surface area contributed by atoms with Crippen molar-refractivity contribution >= 4 is 27.7 Å². The van der Waals surface area contributed by atoms with Gasteiger partial charge in [0.05, 0.1) is 0 Å². The van der Waals surface area contributed by atoms with Crippen LogP contribution in [0.2, 0.25) is 0 Å². The minimum absolute atomic E-state index is 0.0608. The molecule has 200 valence electrons. The number of carbonyl (C=O) groups is 2. The van der Waals surface area contributed by atoms with Crippen LogP contribution in [-0.2, 0) is 29.0 Å². The number of carbonyl (C=O) groups excluding carboxylic acids is 2. The Bertz CT molecular complexity index is 1200. The smallest absolute Gasteiger partial charge is 0.243 e. The highest BCUT2D eigenvalue weighted by atomic mass is 79.9. The molecule has 0 spiro atoms. The molecule has 6 nitrogen and oxygen atoms in total. The summed E-state index contributed by atoms with van der Waals surface area (Å²) in [4.78, 5) is 29.1.